The van der Waals surface area contributed by atoms with Crippen LogP contribution in [0.3, 0.4) is 0 Å². The van der Waals surface area contributed by atoms with Crippen molar-refractivity contribution in [2.75, 3.05) is 18.0 Å². The fraction of sp³-hybridized carbons (Fsp3) is 0.600. The lowest BCUT2D eigenvalue weighted by atomic mass is 10.4. The summed E-state index contributed by atoms with van der Waals surface area (Å²) in [4.78, 5) is 7.32. The van der Waals surface area contributed by atoms with E-state index in [1.54, 1.807) is 11.3 Å². The van der Waals surface area contributed by atoms with E-state index in [4.69, 9.17) is 18.0 Å². The highest BCUT2D eigenvalue weighted by molar-refractivity contribution is 7.80. The van der Waals surface area contributed by atoms with Gasteiger partial charge in [-0.1, -0.05) is 19.1 Å². The Bertz CT molecular complexity index is 322. The molecule has 5 heteroatoms. The van der Waals surface area contributed by atoms with E-state index in [1.807, 2.05) is 0 Å². The second-order valence-corrected chi connectivity index (χ2v) is 4.63. The number of nitrogens with two attached hydrogens (primary N) is 1. The molecule has 0 bridgehead atoms. The van der Waals surface area contributed by atoms with Crippen LogP contribution in [0.15, 0.2) is 5.38 Å². The topological polar surface area (TPSA) is 42.1 Å². The average molecular weight is 243 g/mol. The molecular weight excluding hydrogens is 226 g/mol. The number of nitrogens with zero attached hydrogens (tertiary/aromatic N) is 2. The molecule has 1 rings (SSSR count). The lowest BCUT2D eigenvalue weighted by molar-refractivity contribution is 0.827. The summed E-state index contributed by atoms with van der Waals surface area (Å²) in [5.74, 6) is 0. The third kappa shape index (κ3) is 3.76. The van der Waals surface area contributed by atoms with Crippen LogP contribution in [-0.2, 0) is 6.42 Å². The number of hydrogen-bond acceptors (Lipinski definition) is 4. The van der Waals surface area contributed by atoms with E-state index in [-0.39, 0.29) is 0 Å². The Kier molecular flexibility index (Phi) is 4.98. The zero-order valence-corrected chi connectivity index (χ0v) is 10.8. The molecule has 0 fully saturated rings. The third-order valence-corrected chi connectivity index (χ3v) is 3.34. The van der Waals surface area contributed by atoms with Crippen LogP contribution in [0.5, 0.6) is 0 Å². The van der Waals surface area contributed by atoms with Gasteiger partial charge in [0.05, 0.1) is 10.7 Å². The summed E-state index contributed by atoms with van der Waals surface area (Å²) in [6, 6.07) is 0. The quantitative estimate of drug-likeness (QED) is 0.778. The van der Waals surface area contributed by atoms with Gasteiger partial charge in [0, 0.05) is 24.9 Å². The Morgan fingerprint density at radius 3 is 2.80 bits per heavy atom. The van der Waals surface area contributed by atoms with Gasteiger partial charge >= 0.3 is 0 Å². The first-order valence-electron chi connectivity index (χ1n) is 5.15. The van der Waals surface area contributed by atoms with Crippen molar-refractivity contribution in [2.45, 2.75) is 26.7 Å². The Hall–Kier alpha value is -0.680. The predicted molar refractivity (Wildman–Crippen MR) is 70.8 cm³/mol. The first kappa shape index (κ1) is 12.4. The maximum absolute atomic E-state index is 5.49. The van der Waals surface area contributed by atoms with Gasteiger partial charge in [0.1, 0.15) is 0 Å². The second-order valence-electron chi connectivity index (χ2n) is 3.27. The minimum atomic E-state index is 0.570. The van der Waals surface area contributed by atoms with Crippen molar-refractivity contribution in [1.82, 2.24) is 4.98 Å². The van der Waals surface area contributed by atoms with Crippen molar-refractivity contribution in [3.8, 4) is 0 Å². The van der Waals surface area contributed by atoms with Crippen LogP contribution in [0, 0.1) is 0 Å². The monoisotopic (exact) mass is 243 g/mol. The molecule has 0 amide bonds. The lowest BCUT2D eigenvalue weighted by Crippen LogP contribution is -2.27. The summed E-state index contributed by atoms with van der Waals surface area (Å²) in [5, 5.41) is 3.18. The van der Waals surface area contributed by atoms with Gasteiger partial charge in [0.25, 0.3) is 0 Å². The molecule has 0 saturated carbocycles. The summed E-state index contributed by atoms with van der Waals surface area (Å²) in [7, 11) is 0. The number of rotatable bonds is 6. The van der Waals surface area contributed by atoms with Gasteiger partial charge in [0.15, 0.2) is 5.13 Å². The van der Waals surface area contributed by atoms with Gasteiger partial charge in [-0.2, -0.15) is 0 Å². The van der Waals surface area contributed by atoms with Crippen molar-refractivity contribution in [1.29, 1.82) is 0 Å². The van der Waals surface area contributed by atoms with Gasteiger partial charge in [-0.25, -0.2) is 4.98 Å². The lowest BCUT2D eigenvalue weighted by Gasteiger charge is -2.19. The number of aryl methyl sites for hydroxylation is 1. The van der Waals surface area contributed by atoms with E-state index < -0.39 is 0 Å². The van der Waals surface area contributed by atoms with Gasteiger partial charge in [-0.15, -0.1) is 11.3 Å². The average Bonchev–Trinajstić information content (AvgIpc) is 2.67. The van der Waals surface area contributed by atoms with E-state index in [0.717, 1.165) is 36.8 Å². The highest BCUT2D eigenvalue weighted by atomic mass is 32.1. The van der Waals surface area contributed by atoms with Crippen molar-refractivity contribution < 1.29 is 0 Å². The van der Waals surface area contributed by atoms with Crippen molar-refractivity contribution in [2.24, 2.45) is 5.73 Å². The molecule has 15 heavy (non-hydrogen) atoms. The van der Waals surface area contributed by atoms with Crippen LogP contribution >= 0.6 is 23.6 Å². The van der Waals surface area contributed by atoms with Crippen LogP contribution in [0.25, 0.3) is 0 Å². The summed E-state index contributed by atoms with van der Waals surface area (Å²) in [6.45, 7) is 6.04. The van der Waals surface area contributed by atoms with Gasteiger partial charge in [-0.3, -0.25) is 0 Å². The predicted octanol–water partition coefficient (Wildman–Crippen LogP) is 2.21. The molecule has 0 atom stereocenters. The maximum Gasteiger partial charge on any atom is 0.185 e. The molecule has 0 aromatic carbocycles. The fourth-order valence-electron chi connectivity index (χ4n) is 1.24. The van der Waals surface area contributed by atoms with Crippen molar-refractivity contribution >= 4 is 33.7 Å². The van der Waals surface area contributed by atoms with Crippen LogP contribution in [0.4, 0.5) is 5.13 Å². The molecule has 2 N–H and O–H groups in total. The fourth-order valence-corrected chi connectivity index (χ4v) is 2.33. The van der Waals surface area contributed by atoms with Crippen LogP contribution < -0.4 is 10.6 Å². The van der Waals surface area contributed by atoms with E-state index in [1.165, 1.54) is 0 Å². The Morgan fingerprint density at radius 2 is 2.33 bits per heavy atom. The molecule has 0 unspecified atom stereocenters. The van der Waals surface area contributed by atoms with Crippen molar-refractivity contribution in [3.63, 3.8) is 0 Å². The number of thiocarbonyl (C=S) groups is 1. The first-order chi connectivity index (χ1) is 7.17. The van der Waals surface area contributed by atoms with E-state index >= 15 is 0 Å². The molecule has 3 nitrogen and oxygen atoms in total. The second kappa shape index (κ2) is 6.02. The highest BCUT2D eigenvalue weighted by Gasteiger charge is 2.08. The minimum absolute atomic E-state index is 0.570. The summed E-state index contributed by atoms with van der Waals surface area (Å²) in [5.41, 5.74) is 6.65. The zero-order chi connectivity index (χ0) is 11.3. The smallest absolute Gasteiger partial charge is 0.185 e. The molecule has 1 aromatic rings. The third-order valence-electron chi connectivity index (χ3n) is 2.18. The number of aromatic nitrogens is 1. The number of anilines is 1. The minimum Gasteiger partial charge on any atom is -0.393 e. The Balaban J connectivity index is 2.61. The molecular formula is C10H17N3S2. The normalized spacial score (nSPS) is 10.3. The van der Waals surface area contributed by atoms with Crippen molar-refractivity contribution in [3.05, 3.63) is 11.1 Å². The number of thiazole rings is 1. The van der Waals surface area contributed by atoms with E-state index in [2.05, 4.69) is 29.1 Å². The van der Waals surface area contributed by atoms with E-state index in [0.29, 0.717) is 4.99 Å². The highest BCUT2D eigenvalue weighted by Crippen LogP contribution is 2.20. The molecule has 84 valence electrons. The Morgan fingerprint density at radius 1 is 1.60 bits per heavy atom. The first-order valence-corrected chi connectivity index (χ1v) is 6.43. The maximum atomic E-state index is 5.49. The number of hydrogen-bond donors (Lipinski definition) is 1. The molecule has 0 aliphatic heterocycles. The standard InChI is InChI=1S/C10H17N3S2/c1-3-8-7-15-10(12-8)13(4-2)6-5-9(11)14/h7H,3-6H2,1-2H3,(H2,11,14). The largest absolute Gasteiger partial charge is 0.393 e. The van der Waals surface area contributed by atoms with Gasteiger partial charge < -0.3 is 10.6 Å². The molecule has 1 heterocycles. The van der Waals surface area contributed by atoms with Crippen LogP contribution in [0.1, 0.15) is 26.0 Å². The molecule has 1 aromatic heterocycles. The summed E-state index contributed by atoms with van der Waals surface area (Å²) < 4.78 is 0. The van der Waals surface area contributed by atoms with Crippen LogP contribution in [0.2, 0.25) is 0 Å². The Labute approximate surface area is 100 Å². The molecule has 0 aliphatic carbocycles. The zero-order valence-electron chi connectivity index (χ0n) is 9.19. The summed E-state index contributed by atoms with van der Waals surface area (Å²) in [6.07, 6.45) is 1.74. The SMILES string of the molecule is CCc1csc(N(CC)CCC(N)=S)n1. The van der Waals surface area contributed by atoms with Gasteiger partial charge in [-0.05, 0) is 13.3 Å². The molecule has 0 saturated heterocycles. The van der Waals surface area contributed by atoms with E-state index in [9.17, 15) is 0 Å². The van der Waals surface area contributed by atoms with Crippen LogP contribution in [-0.4, -0.2) is 23.1 Å². The van der Waals surface area contributed by atoms with Gasteiger partial charge in [0.2, 0.25) is 0 Å². The molecule has 0 spiro atoms. The summed E-state index contributed by atoms with van der Waals surface area (Å²) >= 11 is 6.56. The molecule has 0 radical (unpaired) electrons. The molecule has 0 aliphatic rings.